The van der Waals surface area contributed by atoms with E-state index in [1.54, 1.807) is 23.3 Å². The third-order valence-corrected chi connectivity index (χ3v) is 6.10. The van der Waals surface area contributed by atoms with Crippen molar-refractivity contribution in [2.45, 2.75) is 17.9 Å². The van der Waals surface area contributed by atoms with Crippen LogP contribution in [0.5, 0.6) is 5.75 Å². The second-order valence-electron chi connectivity index (χ2n) is 6.51. The third-order valence-electron chi connectivity index (χ3n) is 5.02. The fraction of sp³-hybridized carbons (Fsp3) is 0.474. The Hall–Kier alpha value is -2.25. The highest BCUT2D eigenvalue weighted by atomic mass is 127. The molecule has 10 nitrogen and oxygen atoms in total. The highest BCUT2D eigenvalue weighted by molar-refractivity contribution is 14.1. The minimum atomic E-state index is -1.31. The number of benzene rings is 1. The number of fused-ring (bicyclic) bond motifs is 1. The molecular weight excluding hydrogens is 511 g/mol. The predicted molar refractivity (Wildman–Crippen MR) is 113 cm³/mol. The van der Waals surface area contributed by atoms with E-state index in [2.05, 4.69) is 22.6 Å². The summed E-state index contributed by atoms with van der Waals surface area (Å²) in [5, 5.41) is 1.57. The summed E-state index contributed by atoms with van der Waals surface area (Å²) < 4.78 is 26.6. The van der Waals surface area contributed by atoms with Crippen molar-refractivity contribution in [2.24, 2.45) is 0 Å². The molecule has 0 spiro atoms. The minimum absolute atomic E-state index is 0.240. The van der Waals surface area contributed by atoms with Gasteiger partial charge < -0.3 is 23.7 Å². The van der Waals surface area contributed by atoms with E-state index in [-0.39, 0.29) is 6.04 Å². The first-order valence-electron chi connectivity index (χ1n) is 8.91. The van der Waals surface area contributed by atoms with Gasteiger partial charge in [-0.3, -0.25) is 4.90 Å². The second-order valence-corrected chi connectivity index (χ2v) is 7.59. The van der Waals surface area contributed by atoms with Crippen molar-refractivity contribution < 1.29 is 38.1 Å². The van der Waals surface area contributed by atoms with Crippen LogP contribution >= 0.6 is 22.6 Å². The predicted octanol–water partition coefficient (Wildman–Crippen LogP) is 2.16. The van der Waals surface area contributed by atoms with Crippen LogP contribution in [-0.2, 0) is 23.8 Å². The topological polar surface area (TPSA) is 95.8 Å². The molecule has 1 aromatic carbocycles. The Morgan fingerprint density at radius 2 is 1.93 bits per heavy atom. The fourth-order valence-corrected chi connectivity index (χ4v) is 4.33. The lowest BCUT2D eigenvalue weighted by Crippen LogP contribution is -2.52. The molecule has 2 aliphatic rings. The molecule has 2 heterocycles. The first-order chi connectivity index (χ1) is 14.4. The van der Waals surface area contributed by atoms with Gasteiger partial charge in [-0.1, -0.05) is 0 Å². The van der Waals surface area contributed by atoms with Gasteiger partial charge in [0.1, 0.15) is 11.8 Å². The quantitative estimate of drug-likeness (QED) is 0.236. The first kappa shape index (κ1) is 22.4. The molecule has 2 saturated heterocycles. The van der Waals surface area contributed by atoms with E-state index in [0.717, 1.165) is 0 Å². The molecule has 0 unspecified atom stereocenters. The van der Waals surface area contributed by atoms with Gasteiger partial charge in [-0.05, 0) is 34.7 Å². The smallest absolute Gasteiger partial charge is 0.410 e. The first-order valence-corrected chi connectivity index (χ1v) is 9.99. The number of methoxy groups -OCH3 is 5. The zero-order valence-corrected chi connectivity index (χ0v) is 19.4. The summed E-state index contributed by atoms with van der Waals surface area (Å²) in [6, 6.07) is 2.59. The summed E-state index contributed by atoms with van der Waals surface area (Å²) in [5.41, 5.74) is 0.865. The molecule has 11 heteroatoms. The van der Waals surface area contributed by atoms with Crippen molar-refractivity contribution in [3.05, 3.63) is 33.6 Å². The van der Waals surface area contributed by atoms with Crippen molar-refractivity contribution in [1.82, 2.24) is 4.90 Å². The minimum Gasteiger partial charge on any atom is -0.504 e. The van der Waals surface area contributed by atoms with Crippen LogP contribution in [0.3, 0.4) is 0 Å². The molecule has 3 rings (SSSR count). The molecule has 2 fully saturated rings. The Bertz CT molecular complexity index is 863. The molecule has 0 bridgehead atoms. The molecule has 0 aliphatic carbocycles. The Balaban J connectivity index is 2.06. The number of nitrogens with zero attached hydrogens (tertiary/aromatic N) is 2. The monoisotopic (exact) mass is 534 g/mol. The molecule has 0 N–H and O–H groups in total. The second kappa shape index (κ2) is 8.86. The number of carbonyl (C=O) groups excluding carboxylic acids is 2. The number of hydrogen-bond acceptors (Lipinski definition) is 9. The number of amides is 1. The van der Waals surface area contributed by atoms with E-state index < -0.39 is 23.9 Å². The molecule has 30 heavy (non-hydrogen) atoms. The maximum absolute atomic E-state index is 12.2. The summed E-state index contributed by atoms with van der Waals surface area (Å²) in [7, 11) is 7.11. The molecule has 0 radical (unpaired) electrons. The summed E-state index contributed by atoms with van der Waals surface area (Å²) in [6.07, 6.45) is 2.53. The molecule has 1 amide bonds. The van der Waals surface area contributed by atoms with Crippen molar-refractivity contribution >= 4 is 40.3 Å². The van der Waals surface area contributed by atoms with Gasteiger partial charge in [0.05, 0.1) is 62.1 Å². The molecule has 0 saturated carbocycles. The molecule has 1 aromatic rings. The molecule has 3 atom stereocenters. The average Bonchev–Trinajstić information content (AvgIpc) is 3.51. The summed E-state index contributed by atoms with van der Waals surface area (Å²) in [6.45, 7) is 0.329. The van der Waals surface area contributed by atoms with E-state index in [0.29, 0.717) is 27.1 Å². The van der Waals surface area contributed by atoms with Crippen LogP contribution < -0.4 is 9.80 Å². The Morgan fingerprint density at radius 1 is 1.20 bits per heavy atom. The van der Waals surface area contributed by atoms with Gasteiger partial charge in [-0.2, -0.15) is 0 Å². The third kappa shape index (κ3) is 3.76. The average molecular weight is 534 g/mol. The van der Waals surface area contributed by atoms with Crippen LogP contribution in [0.15, 0.2) is 24.5 Å². The number of carbonyl (C=O) groups is 2. The summed E-state index contributed by atoms with van der Waals surface area (Å²) in [4.78, 5) is 32.2. The summed E-state index contributed by atoms with van der Waals surface area (Å²) >= 11 is 2.11. The van der Waals surface area contributed by atoms with Crippen LogP contribution in [0.1, 0.15) is 10.4 Å². The SMILES string of the molecule is CO/C=C/[C@@]1(OC)ON(c2cc(C(=O)OC)cc(OC)c2I)C[C@H]2[C@@H]1N2C(=O)OC. The number of hydrogen-bond donors (Lipinski definition) is 0. The number of rotatable bonds is 6. The van der Waals surface area contributed by atoms with Crippen LogP contribution in [0.2, 0.25) is 0 Å². The van der Waals surface area contributed by atoms with Crippen LogP contribution in [0.25, 0.3) is 0 Å². The van der Waals surface area contributed by atoms with Crippen LogP contribution in [-0.4, -0.2) is 76.9 Å². The number of anilines is 1. The maximum Gasteiger partial charge on any atom is 0.410 e. The Labute approximate surface area is 187 Å². The lowest BCUT2D eigenvalue weighted by atomic mass is 10.1. The van der Waals surface area contributed by atoms with Gasteiger partial charge in [-0.25, -0.2) is 19.5 Å². The molecule has 2 aliphatic heterocycles. The number of halogens is 1. The van der Waals surface area contributed by atoms with Crippen molar-refractivity contribution in [3.8, 4) is 5.75 Å². The van der Waals surface area contributed by atoms with Crippen molar-refractivity contribution in [3.63, 3.8) is 0 Å². The van der Waals surface area contributed by atoms with Gasteiger partial charge in [0.15, 0.2) is 0 Å². The van der Waals surface area contributed by atoms with E-state index in [1.807, 2.05) is 0 Å². The van der Waals surface area contributed by atoms with Gasteiger partial charge in [-0.15, -0.1) is 0 Å². The molecule has 164 valence electrons. The zero-order chi connectivity index (χ0) is 22.1. The van der Waals surface area contributed by atoms with E-state index in [1.165, 1.54) is 46.7 Å². The van der Waals surface area contributed by atoms with E-state index in [4.69, 9.17) is 28.5 Å². The summed E-state index contributed by atoms with van der Waals surface area (Å²) in [5.74, 6) is -1.35. The Morgan fingerprint density at radius 3 is 2.50 bits per heavy atom. The van der Waals surface area contributed by atoms with Gasteiger partial charge in [0.2, 0.25) is 5.79 Å². The molecular formula is C19H23IN2O8. The number of hydroxylamine groups is 1. The maximum atomic E-state index is 12.2. The van der Waals surface area contributed by atoms with Crippen molar-refractivity contribution in [1.29, 1.82) is 0 Å². The number of ether oxygens (including phenoxy) is 5. The lowest BCUT2D eigenvalue weighted by Gasteiger charge is -2.38. The van der Waals surface area contributed by atoms with Gasteiger partial charge in [0.25, 0.3) is 0 Å². The molecule has 0 aromatic heterocycles. The largest absolute Gasteiger partial charge is 0.504 e. The van der Waals surface area contributed by atoms with Gasteiger partial charge in [0, 0.05) is 13.2 Å². The highest BCUT2D eigenvalue weighted by Gasteiger charge is 2.68. The fourth-order valence-electron chi connectivity index (χ4n) is 3.53. The van der Waals surface area contributed by atoms with Crippen LogP contribution in [0, 0.1) is 3.57 Å². The van der Waals surface area contributed by atoms with Crippen molar-refractivity contribution in [2.75, 3.05) is 47.2 Å². The van der Waals surface area contributed by atoms with Gasteiger partial charge >= 0.3 is 12.1 Å². The zero-order valence-electron chi connectivity index (χ0n) is 17.2. The lowest BCUT2D eigenvalue weighted by molar-refractivity contribution is -0.209. The number of esters is 1. The normalized spacial score (nSPS) is 25.0. The van der Waals surface area contributed by atoms with E-state index in [9.17, 15) is 9.59 Å². The highest BCUT2D eigenvalue weighted by Crippen LogP contribution is 2.48. The van der Waals surface area contributed by atoms with Crippen LogP contribution in [0.4, 0.5) is 10.5 Å². The standard InChI is InChI=1S/C19H23IN2O8/c1-25-7-6-19(29-5)16-13(22(16)18(24)28-4)10-21(30-19)12-8-11(17(23)27-3)9-14(26-2)15(12)20/h6-9,13,16H,10H2,1-5H3/b7-6+/t13-,16-,19+,22?/m0/s1. The Kier molecular flexibility index (Phi) is 6.62. The van der Waals surface area contributed by atoms with E-state index >= 15 is 0 Å².